The predicted molar refractivity (Wildman–Crippen MR) is 130 cm³/mol. The standard InChI is InChI=1S/C26H33F3N4O2/c1-31(2)14-15-33(19-24-23(26(27,28)29)8-5-12-30-24)25(34)10-9-20-6-4-7-21-18-32(16-17-35-3)13-11-22(20)21/h4-10,12H,11,13-19H2,1-3H3. The maximum Gasteiger partial charge on any atom is 0.418 e. The number of aromatic nitrogens is 1. The van der Waals surface area contributed by atoms with Crippen LogP contribution in [0.2, 0.25) is 0 Å². The van der Waals surface area contributed by atoms with Crippen molar-refractivity contribution in [3.05, 3.63) is 70.6 Å². The smallest absolute Gasteiger partial charge is 0.383 e. The molecule has 2 aromatic rings. The number of fused-ring (bicyclic) bond motifs is 1. The van der Waals surface area contributed by atoms with Crippen LogP contribution in [0.4, 0.5) is 13.2 Å². The van der Waals surface area contributed by atoms with Gasteiger partial charge in [0.2, 0.25) is 5.91 Å². The first-order chi connectivity index (χ1) is 16.7. The Kier molecular flexibility index (Phi) is 9.42. The van der Waals surface area contributed by atoms with E-state index in [1.807, 2.05) is 31.1 Å². The number of amides is 1. The molecule has 0 saturated heterocycles. The minimum Gasteiger partial charge on any atom is -0.383 e. The SMILES string of the molecule is COCCN1CCc2c(C=CC(=O)N(CCN(C)C)Cc3ncccc3C(F)(F)F)cccc2C1. The van der Waals surface area contributed by atoms with E-state index >= 15 is 0 Å². The Morgan fingerprint density at radius 2 is 2.00 bits per heavy atom. The molecule has 0 radical (unpaired) electrons. The number of likely N-dealkylation sites (N-methyl/N-ethyl adjacent to an activating group) is 1. The van der Waals surface area contributed by atoms with Crippen molar-refractivity contribution < 1.29 is 22.7 Å². The summed E-state index contributed by atoms with van der Waals surface area (Å²) in [6, 6.07) is 8.29. The number of nitrogens with zero attached hydrogens (tertiary/aromatic N) is 4. The first-order valence-electron chi connectivity index (χ1n) is 11.6. The van der Waals surface area contributed by atoms with Crippen molar-refractivity contribution in [2.75, 3.05) is 54.0 Å². The van der Waals surface area contributed by atoms with Crippen LogP contribution in [-0.4, -0.2) is 79.6 Å². The highest BCUT2D eigenvalue weighted by molar-refractivity contribution is 5.92. The van der Waals surface area contributed by atoms with Crippen LogP contribution in [0.5, 0.6) is 0 Å². The Hall–Kier alpha value is -2.75. The fourth-order valence-corrected chi connectivity index (χ4v) is 4.12. The van der Waals surface area contributed by atoms with Gasteiger partial charge in [-0.3, -0.25) is 14.7 Å². The van der Waals surface area contributed by atoms with Crippen molar-refractivity contribution in [2.45, 2.75) is 25.7 Å². The summed E-state index contributed by atoms with van der Waals surface area (Å²) < 4.78 is 45.6. The molecule has 0 atom stereocenters. The molecule has 0 bridgehead atoms. The average molecular weight is 491 g/mol. The first kappa shape index (κ1) is 26.8. The molecule has 0 spiro atoms. The van der Waals surface area contributed by atoms with E-state index in [0.29, 0.717) is 13.2 Å². The van der Waals surface area contributed by atoms with Gasteiger partial charge in [-0.2, -0.15) is 13.2 Å². The second-order valence-electron chi connectivity index (χ2n) is 8.90. The first-order valence-corrected chi connectivity index (χ1v) is 11.6. The Bertz CT molecular complexity index is 1020. The zero-order valence-electron chi connectivity index (χ0n) is 20.5. The molecule has 2 heterocycles. The van der Waals surface area contributed by atoms with Gasteiger partial charge in [0.25, 0.3) is 0 Å². The fourth-order valence-electron chi connectivity index (χ4n) is 4.12. The van der Waals surface area contributed by atoms with Crippen molar-refractivity contribution >= 4 is 12.0 Å². The molecule has 0 saturated carbocycles. The van der Waals surface area contributed by atoms with Crippen LogP contribution in [0.3, 0.4) is 0 Å². The van der Waals surface area contributed by atoms with E-state index in [9.17, 15) is 18.0 Å². The largest absolute Gasteiger partial charge is 0.418 e. The minimum atomic E-state index is -4.53. The van der Waals surface area contributed by atoms with Gasteiger partial charge in [-0.25, -0.2) is 0 Å². The molecular weight excluding hydrogens is 457 g/mol. The monoisotopic (exact) mass is 490 g/mol. The lowest BCUT2D eigenvalue weighted by atomic mass is 9.94. The van der Waals surface area contributed by atoms with Gasteiger partial charge in [0.05, 0.1) is 24.4 Å². The molecule has 1 amide bonds. The number of hydrogen-bond acceptors (Lipinski definition) is 5. The molecule has 0 fully saturated rings. The number of carbonyl (C=O) groups excluding carboxylic acids is 1. The summed E-state index contributed by atoms with van der Waals surface area (Å²) in [6.45, 7) is 3.86. The maximum atomic E-state index is 13.5. The molecule has 3 rings (SSSR count). The van der Waals surface area contributed by atoms with E-state index in [1.54, 1.807) is 13.2 Å². The Morgan fingerprint density at radius 1 is 1.20 bits per heavy atom. The summed E-state index contributed by atoms with van der Waals surface area (Å²) in [5.41, 5.74) is 2.41. The minimum absolute atomic E-state index is 0.159. The molecular formula is C26H33F3N4O2. The van der Waals surface area contributed by atoms with E-state index in [2.05, 4.69) is 16.0 Å². The lowest BCUT2D eigenvalue weighted by Crippen LogP contribution is -2.36. The lowest BCUT2D eigenvalue weighted by Gasteiger charge is -2.29. The summed E-state index contributed by atoms with van der Waals surface area (Å²) in [5.74, 6) is -0.347. The summed E-state index contributed by atoms with van der Waals surface area (Å²) in [4.78, 5) is 22.7. The van der Waals surface area contributed by atoms with Crippen LogP contribution in [0.15, 0.2) is 42.6 Å². The van der Waals surface area contributed by atoms with Gasteiger partial charge >= 0.3 is 6.18 Å². The molecule has 1 aliphatic heterocycles. The topological polar surface area (TPSA) is 48.9 Å². The highest BCUT2D eigenvalue weighted by Gasteiger charge is 2.34. The number of benzene rings is 1. The van der Waals surface area contributed by atoms with E-state index in [4.69, 9.17) is 4.74 Å². The van der Waals surface area contributed by atoms with Crippen LogP contribution in [0.25, 0.3) is 6.08 Å². The summed E-state index contributed by atoms with van der Waals surface area (Å²) in [6.07, 6.45) is 0.884. The summed E-state index contributed by atoms with van der Waals surface area (Å²) >= 11 is 0. The van der Waals surface area contributed by atoms with Crippen LogP contribution in [0, 0.1) is 0 Å². The van der Waals surface area contributed by atoms with Gasteiger partial charge in [-0.1, -0.05) is 18.2 Å². The molecule has 35 heavy (non-hydrogen) atoms. The van der Waals surface area contributed by atoms with Gasteiger partial charge in [0, 0.05) is 52.1 Å². The molecule has 1 aromatic heterocycles. The van der Waals surface area contributed by atoms with E-state index in [0.717, 1.165) is 37.7 Å². The van der Waals surface area contributed by atoms with E-state index in [-0.39, 0.29) is 24.7 Å². The number of carbonyl (C=O) groups is 1. The summed E-state index contributed by atoms with van der Waals surface area (Å²) in [5, 5.41) is 0. The number of pyridine rings is 1. The third kappa shape index (κ3) is 7.62. The quantitative estimate of drug-likeness (QED) is 0.476. The number of hydrogen-bond donors (Lipinski definition) is 0. The normalized spacial score (nSPS) is 14.5. The molecule has 9 heteroatoms. The van der Waals surface area contributed by atoms with Crippen LogP contribution >= 0.6 is 0 Å². The highest BCUT2D eigenvalue weighted by Crippen LogP contribution is 2.31. The van der Waals surface area contributed by atoms with Gasteiger partial charge in [-0.05, 0) is 55.4 Å². The average Bonchev–Trinajstić information content (AvgIpc) is 2.83. The third-order valence-electron chi connectivity index (χ3n) is 6.06. The number of ether oxygens (including phenoxy) is 1. The molecule has 1 aromatic carbocycles. The van der Waals surface area contributed by atoms with E-state index < -0.39 is 11.7 Å². The molecule has 0 unspecified atom stereocenters. The van der Waals surface area contributed by atoms with Crippen molar-refractivity contribution in [1.29, 1.82) is 0 Å². The molecule has 0 N–H and O–H groups in total. The fraction of sp³-hybridized carbons (Fsp3) is 0.462. The molecule has 0 aliphatic carbocycles. The van der Waals surface area contributed by atoms with Crippen molar-refractivity contribution in [2.24, 2.45) is 0 Å². The van der Waals surface area contributed by atoms with E-state index in [1.165, 1.54) is 34.4 Å². The van der Waals surface area contributed by atoms with Gasteiger partial charge in [0.1, 0.15) is 0 Å². The van der Waals surface area contributed by atoms with Crippen molar-refractivity contribution in [3.63, 3.8) is 0 Å². The second kappa shape index (κ2) is 12.3. The predicted octanol–water partition coefficient (Wildman–Crippen LogP) is 3.71. The number of alkyl halides is 3. The molecule has 6 nitrogen and oxygen atoms in total. The van der Waals surface area contributed by atoms with Gasteiger partial charge < -0.3 is 14.5 Å². The highest BCUT2D eigenvalue weighted by atomic mass is 19.4. The van der Waals surface area contributed by atoms with Crippen molar-refractivity contribution in [1.82, 2.24) is 19.7 Å². The van der Waals surface area contributed by atoms with Crippen LogP contribution in [-0.2, 0) is 35.2 Å². The lowest BCUT2D eigenvalue weighted by molar-refractivity contribution is -0.139. The third-order valence-corrected chi connectivity index (χ3v) is 6.06. The Labute approximate surface area is 205 Å². The molecule has 190 valence electrons. The van der Waals surface area contributed by atoms with Crippen LogP contribution < -0.4 is 0 Å². The summed E-state index contributed by atoms with van der Waals surface area (Å²) in [7, 11) is 5.40. The maximum absolute atomic E-state index is 13.5. The van der Waals surface area contributed by atoms with Gasteiger partial charge in [0.15, 0.2) is 0 Å². The zero-order chi connectivity index (χ0) is 25.4. The Morgan fingerprint density at radius 3 is 2.71 bits per heavy atom. The number of halogens is 3. The molecule has 1 aliphatic rings. The Balaban J connectivity index is 1.78. The number of rotatable bonds is 10. The van der Waals surface area contributed by atoms with Crippen molar-refractivity contribution in [3.8, 4) is 0 Å². The van der Waals surface area contributed by atoms with Crippen LogP contribution in [0.1, 0.15) is 27.9 Å². The zero-order valence-corrected chi connectivity index (χ0v) is 20.5. The second-order valence-corrected chi connectivity index (χ2v) is 8.90. The number of methoxy groups -OCH3 is 1. The van der Waals surface area contributed by atoms with Gasteiger partial charge in [-0.15, -0.1) is 0 Å².